The summed E-state index contributed by atoms with van der Waals surface area (Å²) in [5.74, 6) is 1.03. The molecule has 1 saturated carbocycles. The van der Waals surface area contributed by atoms with Crippen LogP contribution in [0.1, 0.15) is 62.9 Å². The number of aromatic nitrogens is 2. The van der Waals surface area contributed by atoms with Gasteiger partial charge in [-0.25, -0.2) is 9.97 Å². The van der Waals surface area contributed by atoms with Crippen molar-refractivity contribution in [2.24, 2.45) is 16.7 Å². The Hall–Kier alpha value is -3.18. The molecule has 1 aliphatic carbocycles. The molecule has 36 heavy (non-hydrogen) atoms. The van der Waals surface area contributed by atoms with Gasteiger partial charge in [-0.2, -0.15) is 5.26 Å². The lowest BCUT2D eigenvalue weighted by atomic mass is 9.49. The van der Waals surface area contributed by atoms with Crippen molar-refractivity contribution in [2.75, 3.05) is 18.0 Å². The van der Waals surface area contributed by atoms with Crippen LogP contribution >= 0.6 is 11.6 Å². The van der Waals surface area contributed by atoms with E-state index in [-0.39, 0.29) is 34.8 Å². The monoisotopic (exact) mass is 509 g/mol. The molecule has 0 bridgehead atoms. The summed E-state index contributed by atoms with van der Waals surface area (Å²) in [6.07, 6.45) is 6.57. The maximum absolute atomic E-state index is 13.1. The largest absolute Gasteiger partial charge is 0.489 e. The normalized spacial score (nSPS) is 24.6. The van der Waals surface area contributed by atoms with Crippen LogP contribution in [0.3, 0.4) is 0 Å². The first kappa shape index (κ1) is 25.9. The minimum atomic E-state index is -0.360. The molecule has 4 rings (SSSR count). The molecule has 0 radical (unpaired) electrons. The summed E-state index contributed by atoms with van der Waals surface area (Å²) < 4.78 is 6.29. The third kappa shape index (κ3) is 4.90. The third-order valence-corrected chi connectivity index (χ3v) is 7.89. The number of ether oxygens (including phenoxy) is 1. The van der Waals surface area contributed by atoms with Crippen LogP contribution in [0.2, 0.25) is 5.02 Å². The Bertz CT molecular complexity index is 1160. The summed E-state index contributed by atoms with van der Waals surface area (Å²) in [4.78, 5) is 35.2. The fourth-order valence-corrected chi connectivity index (χ4v) is 6.08. The second-order valence-corrected chi connectivity index (χ2v) is 11.3. The van der Waals surface area contributed by atoms with Crippen LogP contribution in [0.4, 0.5) is 5.95 Å². The number of nitrogens with one attached hydrogen (secondary N) is 1. The summed E-state index contributed by atoms with van der Waals surface area (Å²) in [5, 5.41) is 12.6. The zero-order valence-electron chi connectivity index (χ0n) is 21.1. The highest BCUT2D eigenvalue weighted by molar-refractivity contribution is 6.31. The molecule has 2 heterocycles. The van der Waals surface area contributed by atoms with Crippen molar-refractivity contribution in [3.63, 3.8) is 0 Å². The standard InChI is InChI=1S/C27H32ClN5O3/c1-26(2)23(27(3,4)24(26)36-20-8-7-18(13-29)21(28)12-20)32-22(35)19-14-30-25(31-15-19)33-10-5-6-17(16-34)9-11-33/h7-8,12,14-17,23-24H,5-6,9-11H2,1-4H3,(H,32,35)/t17?,23-,24-. The van der Waals surface area contributed by atoms with E-state index in [0.717, 1.165) is 38.6 Å². The van der Waals surface area contributed by atoms with Gasteiger partial charge < -0.3 is 19.7 Å². The molecule has 1 aromatic heterocycles. The van der Waals surface area contributed by atoms with E-state index >= 15 is 0 Å². The molecule has 0 spiro atoms. The van der Waals surface area contributed by atoms with Gasteiger partial charge in [0.2, 0.25) is 5.95 Å². The number of rotatable bonds is 6. The fraction of sp³-hybridized carbons (Fsp3) is 0.519. The van der Waals surface area contributed by atoms with Crippen LogP contribution in [0, 0.1) is 28.1 Å². The first-order valence-corrected chi connectivity index (χ1v) is 12.6. The number of anilines is 1. The Kier molecular flexibility index (Phi) is 7.24. The van der Waals surface area contributed by atoms with Gasteiger partial charge in [0, 0.05) is 54.3 Å². The molecule has 1 amide bonds. The first-order valence-electron chi connectivity index (χ1n) is 12.3. The van der Waals surface area contributed by atoms with Crippen molar-refractivity contribution in [2.45, 2.75) is 59.1 Å². The molecule has 1 unspecified atom stereocenters. The number of nitrogens with zero attached hydrogens (tertiary/aromatic N) is 4. The predicted molar refractivity (Wildman–Crippen MR) is 137 cm³/mol. The van der Waals surface area contributed by atoms with Crippen LogP contribution in [-0.2, 0) is 4.79 Å². The van der Waals surface area contributed by atoms with Gasteiger partial charge in [-0.3, -0.25) is 4.79 Å². The Balaban J connectivity index is 1.41. The Morgan fingerprint density at radius 2 is 1.89 bits per heavy atom. The molecule has 190 valence electrons. The molecule has 1 aliphatic heterocycles. The Morgan fingerprint density at radius 1 is 1.19 bits per heavy atom. The van der Waals surface area contributed by atoms with E-state index < -0.39 is 0 Å². The van der Waals surface area contributed by atoms with Gasteiger partial charge in [0.05, 0.1) is 16.1 Å². The molecule has 2 aliphatic rings. The maximum Gasteiger partial charge on any atom is 0.254 e. The molecule has 9 heteroatoms. The smallest absolute Gasteiger partial charge is 0.254 e. The Morgan fingerprint density at radius 3 is 2.50 bits per heavy atom. The van der Waals surface area contributed by atoms with E-state index in [1.807, 2.05) is 6.07 Å². The molecular weight excluding hydrogens is 478 g/mol. The number of amides is 1. The quantitative estimate of drug-likeness (QED) is 0.574. The highest BCUT2D eigenvalue weighted by atomic mass is 35.5. The second-order valence-electron chi connectivity index (χ2n) is 10.9. The molecule has 1 saturated heterocycles. The average molecular weight is 510 g/mol. The lowest BCUT2D eigenvalue weighted by molar-refractivity contribution is -0.164. The zero-order valence-corrected chi connectivity index (χ0v) is 21.9. The fourth-order valence-electron chi connectivity index (χ4n) is 5.87. The SMILES string of the molecule is CC1(C)[C@H](NC(=O)c2cnc(N3CCCC(C=O)CC3)nc2)C(C)(C)[C@H]1Oc1ccc(C#N)c(Cl)c1. The van der Waals surface area contributed by atoms with Crippen molar-refractivity contribution < 1.29 is 14.3 Å². The minimum Gasteiger partial charge on any atom is -0.489 e. The molecule has 2 fully saturated rings. The molecule has 8 nitrogen and oxygen atoms in total. The predicted octanol–water partition coefficient (Wildman–Crippen LogP) is 4.42. The van der Waals surface area contributed by atoms with Gasteiger partial charge >= 0.3 is 0 Å². The van der Waals surface area contributed by atoms with Gasteiger partial charge in [-0.1, -0.05) is 39.3 Å². The maximum atomic E-state index is 13.1. The van der Waals surface area contributed by atoms with Crippen molar-refractivity contribution in [3.05, 3.63) is 46.7 Å². The highest BCUT2D eigenvalue weighted by Gasteiger charge is 2.64. The van der Waals surface area contributed by atoms with E-state index in [0.29, 0.717) is 27.8 Å². The number of benzene rings is 1. The lowest BCUT2D eigenvalue weighted by Gasteiger charge is -2.63. The van der Waals surface area contributed by atoms with Crippen molar-refractivity contribution in [3.8, 4) is 11.8 Å². The number of hydrogen-bond acceptors (Lipinski definition) is 7. The topological polar surface area (TPSA) is 108 Å². The zero-order chi connectivity index (χ0) is 26.1. The van der Waals surface area contributed by atoms with Crippen LogP contribution in [0.5, 0.6) is 5.75 Å². The number of aldehydes is 1. The van der Waals surface area contributed by atoms with Crippen LogP contribution in [0.15, 0.2) is 30.6 Å². The lowest BCUT2D eigenvalue weighted by Crippen LogP contribution is -2.74. The van der Waals surface area contributed by atoms with Crippen molar-refractivity contribution >= 4 is 29.7 Å². The number of nitriles is 1. The molecule has 1 atom stereocenters. The van der Waals surface area contributed by atoms with E-state index in [1.165, 1.54) is 0 Å². The van der Waals surface area contributed by atoms with Gasteiger partial charge in [-0.15, -0.1) is 0 Å². The summed E-state index contributed by atoms with van der Waals surface area (Å²) >= 11 is 6.18. The summed E-state index contributed by atoms with van der Waals surface area (Å²) in [6, 6.07) is 6.94. The summed E-state index contributed by atoms with van der Waals surface area (Å²) in [5.41, 5.74) is 0.0768. The molecule has 2 aromatic rings. The highest BCUT2D eigenvalue weighted by Crippen LogP contribution is 2.55. The van der Waals surface area contributed by atoms with Crippen LogP contribution in [-0.4, -0.2) is 47.4 Å². The Labute approximate surface area is 217 Å². The molecular formula is C27H32ClN5O3. The minimum absolute atomic E-state index is 0.0935. The van der Waals surface area contributed by atoms with Crippen LogP contribution < -0.4 is 15.0 Å². The summed E-state index contributed by atoms with van der Waals surface area (Å²) in [6.45, 7) is 9.77. The van der Waals surface area contributed by atoms with E-state index in [9.17, 15) is 9.59 Å². The molecule has 1 aromatic carbocycles. The van der Waals surface area contributed by atoms with E-state index in [2.05, 4.69) is 47.9 Å². The van der Waals surface area contributed by atoms with Gasteiger partial charge in [-0.05, 0) is 31.4 Å². The number of carbonyl (C=O) groups is 2. The van der Waals surface area contributed by atoms with Gasteiger partial charge in [0.1, 0.15) is 24.2 Å². The summed E-state index contributed by atoms with van der Waals surface area (Å²) in [7, 11) is 0. The second kappa shape index (κ2) is 10.1. The van der Waals surface area contributed by atoms with Crippen molar-refractivity contribution in [1.29, 1.82) is 5.26 Å². The van der Waals surface area contributed by atoms with E-state index in [1.54, 1.807) is 30.6 Å². The number of halogens is 1. The van der Waals surface area contributed by atoms with E-state index in [4.69, 9.17) is 21.6 Å². The number of hydrogen-bond donors (Lipinski definition) is 1. The molecule has 1 N–H and O–H groups in total. The van der Waals surface area contributed by atoms with Gasteiger partial charge in [0.15, 0.2) is 0 Å². The van der Waals surface area contributed by atoms with Gasteiger partial charge in [0.25, 0.3) is 5.91 Å². The number of carbonyl (C=O) groups excluding carboxylic acids is 2. The van der Waals surface area contributed by atoms with Crippen molar-refractivity contribution in [1.82, 2.24) is 15.3 Å². The van der Waals surface area contributed by atoms with Crippen LogP contribution in [0.25, 0.3) is 0 Å². The average Bonchev–Trinajstić information content (AvgIpc) is 3.11. The third-order valence-electron chi connectivity index (χ3n) is 7.58. The first-order chi connectivity index (χ1) is 17.1.